The van der Waals surface area contributed by atoms with Crippen LogP contribution in [0.25, 0.3) is 0 Å². The lowest BCUT2D eigenvalue weighted by Crippen LogP contribution is -2.63. The fourth-order valence-electron chi connectivity index (χ4n) is 4.62. The first kappa shape index (κ1) is 18.6. The summed E-state index contributed by atoms with van der Waals surface area (Å²) < 4.78 is 17.2. The maximum Gasteiger partial charge on any atom is 0.317 e. The van der Waals surface area contributed by atoms with Gasteiger partial charge in [-0.05, 0) is 50.3 Å². The van der Waals surface area contributed by atoms with Gasteiger partial charge < -0.3 is 24.4 Å². The molecule has 3 fully saturated rings. The van der Waals surface area contributed by atoms with Crippen molar-refractivity contribution >= 4 is 6.03 Å². The highest BCUT2D eigenvalue weighted by Gasteiger charge is 2.48. The Balaban J connectivity index is 1.33. The molecular weight excluding hydrogens is 344 g/mol. The molecular formula is C21H30N2O4. The minimum Gasteiger partial charge on any atom is -0.497 e. The van der Waals surface area contributed by atoms with E-state index in [-0.39, 0.29) is 23.3 Å². The fourth-order valence-corrected chi connectivity index (χ4v) is 4.62. The molecule has 2 heterocycles. The summed E-state index contributed by atoms with van der Waals surface area (Å²) in [5, 5.41) is 3.22. The molecule has 0 bridgehead atoms. The minimum absolute atomic E-state index is 0.0201. The van der Waals surface area contributed by atoms with E-state index >= 15 is 0 Å². The van der Waals surface area contributed by atoms with Crippen LogP contribution in [0.15, 0.2) is 24.3 Å². The molecule has 0 radical (unpaired) electrons. The third kappa shape index (κ3) is 3.92. The molecule has 148 valence electrons. The number of nitrogens with one attached hydrogen (secondary N) is 1. The monoisotopic (exact) mass is 374 g/mol. The van der Waals surface area contributed by atoms with Crippen LogP contribution in [0, 0.1) is 0 Å². The smallest absolute Gasteiger partial charge is 0.317 e. The molecule has 1 atom stereocenters. The van der Waals surface area contributed by atoms with Crippen molar-refractivity contribution in [2.24, 2.45) is 0 Å². The number of carbonyl (C=O) groups excluding carboxylic acids is 1. The number of ether oxygens (including phenoxy) is 3. The summed E-state index contributed by atoms with van der Waals surface area (Å²) >= 11 is 0. The Bertz CT molecular complexity index is 693. The lowest BCUT2D eigenvalue weighted by atomic mass is 9.76. The van der Waals surface area contributed by atoms with Crippen molar-refractivity contribution in [3.8, 4) is 5.75 Å². The highest BCUT2D eigenvalue weighted by atomic mass is 16.6. The van der Waals surface area contributed by atoms with E-state index in [0.29, 0.717) is 32.2 Å². The van der Waals surface area contributed by atoms with Gasteiger partial charge in [-0.15, -0.1) is 0 Å². The first-order valence-electron chi connectivity index (χ1n) is 9.85. The summed E-state index contributed by atoms with van der Waals surface area (Å²) in [5.41, 5.74) is 0.586. The normalized spacial score (nSPS) is 32.2. The summed E-state index contributed by atoms with van der Waals surface area (Å²) in [6, 6.07) is 8.47. The zero-order chi connectivity index (χ0) is 19.1. The Labute approximate surface area is 161 Å². The van der Waals surface area contributed by atoms with Crippen molar-refractivity contribution in [3.63, 3.8) is 0 Å². The quantitative estimate of drug-likeness (QED) is 0.884. The average Bonchev–Trinajstić information content (AvgIpc) is 3.03. The SMILES string of the molecule is COc1cccc(C2CC(NC(=O)N3CC(C)(C)OC4(CCOC4)C3)C2)c1. The number of morpholine rings is 1. The molecule has 1 aromatic rings. The number of rotatable bonds is 3. The van der Waals surface area contributed by atoms with E-state index < -0.39 is 0 Å². The van der Waals surface area contributed by atoms with Crippen LogP contribution in [0.3, 0.4) is 0 Å². The average molecular weight is 374 g/mol. The second-order valence-electron chi connectivity index (χ2n) is 8.79. The lowest BCUT2D eigenvalue weighted by molar-refractivity contribution is -0.185. The van der Waals surface area contributed by atoms with Gasteiger partial charge in [0.1, 0.15) is 11.4 Å². The van der Waals surface area contributed by atoms with Crippen LogP contribution in [0.4, 0.5) is 4.79 Å². The number of hydrogen-bond acceptors (Lipinski definition) is 4. The van der Waals surface area contributed by atoms with Gasteiger partial charge in [-0.1, -0.05) is 12.1 Å². The number of benzene rings is 1. The van der Waals surface area contributed by atoms with E-state index in [1.807, 2.05) is 17.0 Å². The maximum absolute atomic E-state index is 12.9. The van der Waals surface area contributed by atoms with E-state index in [4.69, 9.17) is 14.2 Å². The van der Waals surface area contributed by atoms with Crippen LogP contribution in [0.1, 0.15) is 44.6 Å². The first-order chi connectivity index (χ1) is 12.9. The molecule has 6 heteroatoms. The third-order valence-corrected chi connectivity index (χ3v) is 5.93. The van der Waals surface area contributed by atoms with E-state index in [0.717, 1.165) is 25.0 Å². The van der Waals surface area contributed by atoms with Gasteiger partial charge in [-0.3, -0.25) is 0 Å². The molecule has 1 N–H and O–H groups in total. The molecule has 1 unspecified atom stereocenters. The Morgan fingerprint density at radius 1 is 1.30 bits per heavy atom. The third-order valence-electron chi connectivity index (χ3n) is 5.93. The van der Waals surface area contributed by atoms with Gasteiger partial charge in [0.15, 0.2) is 0 Å². The number of carbonyl (C=O) groups is 1. The van der Waals surface area contributed by atoms with Gasteiger partial charge in [0, 0.05) is 19.1 Å². The molecule has 2 saturated heterocycles. The standard InChI is InChI=1S/C21H30N2O4/c1-20(2)12-23(13-21(27-20)7-8-26-14-21)19(24)22-17-9-16(10-17)15-5-4-6-18(11-15)25-3/h4-6,11,16-17H,7-10,12-14H2,1-3H3,(H,22,24). The summed E-state index contributed by atoms with van der Waals surface area (Å²) in [4.78, 5) is 14.8. The maximum atomic E-state index is 12.9. The van der Waals surface area contributed by atoms with Gasteiger partial charge in [0.05, 0.1) is 32.4 Å². The van der Waals surface area contributed by atoms with Crippen LogP contribution in [-0.2, 0) is 9.47 Å². The molecule has 27 heavy (non-hydrogen) atoms. The van der Waals surface area contributed by atoms with E-state index in [9.17, 15) is 4.79 Å². The number of methoxy groups -OCH3 is 1. The second kappa shape index (κ2) is 6.99. The second-order valence-corrected chi connectivity index (χ2v) is 8.79. The number of amides is 2. The number of hydrogen-bond donors (Lipinski definition) is 1. The zero-order valence-corrected chi connectivity index (χ0v) is 16.5. The summed E-state index contributed by atoms with van der Waals surface area (Å²) in [7, 11) is 1.69. The highest BCUT2D eigenvalue weighted by molar-refractivity contribution is 5.75. The van der Waals surface area contributed by atoms with Gasteiger partial charge in [0.25, 0.3) is 0 Å². The highest BCUT2D eigenvalue weighted by Crippen LogP contribution is 2.39. The van der Waals surface area contributed by atoms with Crippen molar-refractivity contribution in [2.45, 2.75) is 56.3 Å². The number of urea groups is 1. The fraction of sp³-hybridized carbons (Fsp3) is 0.667. The van der Waals surface area contributed by atoms with Crippen molar-refractivity contribution < 1.29 is 19.0 Å². The predicted molar refractivity (Wildman–Crippen MR) is 102 cm³/mol. The minimum atomic E-state index is -0.355. The molecule has 1 aliphatic carbocycles. The Morgan fingerprint density at radius 2 is 2.11 bits per heavy atom. The summed E-state index contributed by atoms with van der Waals surface area (Å²) in [6.07, 6.45) is 2.79. The van der Waals surface area contributed by atoms with Gasteiger partial charge >= 0.3 is 6.03 Å². The molecule has 1 aromatic carbocycles. The molecule has 2 amide bonds. The van der Waals surface area contributed by atoms with E-state index in [1.165, 1.54) is 5.56 Å². The van der Waals surface area contributed by atoms with Crippen molar-refractivity contribution in [2.75, 3.05) is 33.4 Å². The molecule has 1 spiro atoms. The lowest BCUT2D eigenvalue weighted by Gasteiger charge is -2.48. The predicted octanol–water partition coefficient (Wildman–Crippen LogP) is 2.92. The van der Waals surface area contributed by atoms with Gasteiger partial charge in [-0.25, -0.2) is 4.79 Å². The molecule has 3 aliphatic rings. The van der Waals surface area contributed by atoms with Crippen LogP contribution < -0.4 is 10.1 Å². The van der Waals surface area contributed by atoms with E-state index in [2.05, 4.69) is 31.3 Å². The van der Waals surface area contributed by atoms with E-state index in [1.54, 1.807) is 7.11 Å². The van der Waals surface area contributed by atoms with Gasteiger partial charge in [-0.2, -0.15) is 0 Å². The number of nitrogens with zero attached hydrogens (tertiary/aromatic N) is 1. The largest absolute Gasteiger partial charge is 0.497 e. The van der Waals surface area contributed by atoms with Crippen molar-refractivity contribution in [1.82, 2.24) is 10.2 Å². The molecule has 2 aliphatic heterocycles. The van der Waals surface area contributed by atoms with Crippen LogP contribution in [0.2, 0.25) is 0 Å². The van der Waals surface area contributed by atoms with Gasteiger partial charge in [0.2, 0.25) is 0 Å². The van der Waals surface area contributed by atoms with Crippen LogP contribution >= 0.6 is 0 Å². The molecule has 0 aromatic heterocycles. The Hall–Kier alpha value is -1.79. The summed E-state index contributed by atoms with van der Waals surface area (Å²) in [6.45, 7) is 6.59. The van der Waals surface area contributed by atoms with Crippen LogP contribution in [-0.4, -0.2) is 61.6 Å². The van der Waals surface area contributed by atoms with Crippen molar-refractivity contribution in [1.29, 1.82) is 0 Å². The Kier molecular flexibility index (Phi) is 4.80. The topological polar surface area (TPSA) is 60.0 Å². The zero-order valence-electron chi connectivity index (χ0n) is 16.5. The Morgan fingerprint density at radius 3 is 2.81 bits per heavy atom. The molecule has 6 nitrogen and oxygen atoms in total. The van der Waals surface area contributed by atoms with Crippen molar-refractivity contribution in [3.05, 3.63) is 29.8 Å². The first-order valence-corrected chi connectivity index (χ1v) is 9.85. The summed E-state index contributed by atoms with van der Waals surface area (Å²) in [5.74, 6) is 1.38. The molecule has 4 rings (SSSR count). The van der Waals surface area contributed by atoms with Crippen LogP contribution in [0.5, 0.6) is 5.75 Å². The molecule has 1 saturated carbocycles.